The van der Waals surface area contributed by atoms with Crippen LogP contribution in [0.25, 0.3) is 0 Å². The highest BCUT2D eigenvalue weighted by atomic mass is 35.5. The van der Waals surface area contributed by atoms with Crippen molar-refractivity contribution in [2.45, 2.75) is 19.3 Å². The molecule has 1 aliphatic carbocycles. The maximum Gasteiger partial charge on any atom is 0.140 e. The molecule has 3 heteroatoms. The fraction of sp³-hybridized carbons (Fsp3) is 0.444. The molecule has 1 saturated carbocycles. The molecule has 1 aliphatic rings. The molecule has 64 valence electrons. The zero-order valence-electron chi connectivity index (χ0n) is 6.55. The molecule has 1 aromatic heterocycles. The van der Waals surface area contributed by atoms with Crippen molar-refractivity contribution in [2.75, 3.05) is 0 Å². The molecule has 1 aromatic rings. The molecular formula is C9H9ClOS. The van der Waals surface area contributed by atoms with Crippen LogP contribution in [0.15, 0.2) is 11.4 Å². The Morgan fingerprint density at radius 1 is 1.67 bits per heavy atom. The van der Waals surface area contributed by atoms with Crippen molar-refractivity contribution in [3.05, 3.63) is 21.3 Å². The predicted molar refractivity (Wildman–Crippen MR) is 50.8 cm³/mol. The Kier molecular flexibility index (Phi) is 2.20. The molecule has 0 unspecified atom stereocenters. The van der Waals surface area contributed by atoms with Crippen LogP contribution < -0.4 is 0 Å². The molecule has 12 heavy (non-hydrogen) atoms. The number of hydrogen-bond donors (Lipinski definition) is 0. The SMILES string of the molecule is O=C(Cc1csc(Cl)c1)C1CC1. The van der Waals surface area contributed by atoms with Crippen molar-refractivity contribution < 1.29 is 4.79 Å². The van der Waals surface area contributed by atoms with E-state index in [1.165, 1.54) is 11.3 Å². The number of halogens is 1. The molecule has 1 fully saturated rings. The van der Waals surface area contributed by atoms with Gasteiger partial charge in [0.1, 0.15) is 5.78 Å². The predicted octanol–water partition coefficient (Wildman–Crippen LogP) is 2.92. The van der Waals surface area contributed by atoms with E-state index in [1.54, 1.807) is 0 Å². The Hall–Kier alpha value is -0.340. The molecular weight excluding hydrogens is 192 g/mol. The van der Waals surface area contributed by atoms with E-state index in [4.69, 9.17) is 11.6 Å². The average Bonchev–Trinajstić information content (AvgIpc) is 2.78. The first-order valence-corrected chi connectivity index (χ1v) is 5.27. The van der Waals surface area contributed by atoms with Crippen LogP contribution in [-0.4, -0.2) is 5.78 Å². The Bertz CT molecular complexity index is 301. The van der Waals surface area contributed by atoms with Crippen LogP contribution in [0.3, 0.4) is 0 Å². The van der Waals surface area contributed by atoms with Gasteiger partial charge in [0.2, 0.25) is 0 Å². The Labute approximate surface area is 80.4 Å². The van der Waals surface area contributed by atoms with Crippen molar-refractivity contribution in [3.8, 4) is 0 Å². The van der Waals surface area contributed by atoms with Gasteiger partial charge in [-0.3, -0.25) is 4.79 Å². The largest absolute Gasteiger partial charge is 0.299 e. The van der Waals surface area contributed by atoms with E-state index in [2.05, 4.69) is 0 Å². The van der Waals surface area contributed by atoms with Crippen molar-refractivity contribution >= 4 is 28.7 Å². The lowest BCUT2D eigenvalue weighted by atomic mass is 10.1. The van der Waals surface area contributed by atoms with Gasteiger partial charge >= 0.3 is 0 Å². The van der Waals surface area contributed by atoms with E-state index in [-0.39, 0.29) is 0 Å². The molecule has 0 aliphatic heterocycles. The van der Waals surface area contributed by atoms with E-state index in [0.717, 1.165) is 22.7 Å². The summed E-state index contributed by atoms with van der Waals surface area (Å²) in [5, 5.41) is 1.96. The summed E-state index contributed by atoms with van der Waals surface area (Å²) in [4.78, 5) is 11.3. The van der Waals surface area contributed by atoms with Crippen LogP contribution in [0.1, 0.15) is 18.4 Å². The lowest BCUT2D eigenvalue weighted by molar-refractivity contribution is -0.119. The minimum absolute atomic E-state index is 0.365. The van der Waals surface area contributed by atoms with Crippen LogP contribution in [0.5, 0.6) is 0 Å². The summed E-state index contributed by atoms with van der Waals surface area (Å²) < 4.78 is 0.772. The fourth-order valence-corrected chi connectivity index (χ4v) is 2.10. The van der Waals surface area contributed by atoms with Gasteiger partial charge in [0.25, 0.3) is 0 Å². The van der Waals surface area contributed by atoms with Gasteiger partial charge in [0.15, 0.2) is 0 Å². The van der Waals surface area contributed by atoms with Crippen LogP contribution in [-0.2, 0) is 11.2 Å². The summed E-state index contributed by atoms with van der Waals surface area (Å²) in [7, 11) is 0. The molecule has 0 amide bonds. The zero-order chi connectivity index (χ0) is 8.55. The second-order valence-electron chi connectivity index (χ2n) is 3.18. The Morgan fingerprint density at radius 2 is 2.42 bits per heavy atom. The fourth-order valence-electron chi connectivity index (χ4n) is 1.19. The minimum Gasteiger partial charge on any atom is -0.299 e. The first kappa shape index (κ1) is 8.27. The molecule has 1 heterocycles. The van der Waals surface area contributed by atoms with Gasteiger partial charge in [-0.15, -0.1) is 11.3 Å². The number of carbonyl (C=O) groups is 1. The van der Waals surface area contributed by atoms with E-state index >= 15 is 0 Å². The molecule has 0 bridgehead atoms. The maximum absolute atomic E-state index is 11.3. The average molecular weight is 201 g/mol. The van der Waals surface area contributed by atoms with Crippen LogP contribution in [0, 0.1) is 5.92 Å². The summed E-state index contributed by atoms with van der Waals surface area (Å²) >= 11 is 7.24. The lowest BCUT2D eigenvalue weighted by Gasteiger charge is -1.93. The Balaban J connectivity index is 1.98. The van der Waals surface area contributed by atoms with Gasteiger partial charge in [0.05, 0.1) is 4.34 Å². The first-order valence-electron chi connectivity index (χ1n) is 4.01. The highest BCUT2D eigenvalue weighted by Crippen LogP contribution is 2.31. The normalized spacial score (nSPS) is 16.4. The number of carbonyl (C=O) groups excluding carboxylic acids is 1. The molecule has 0 radical (unpaired) electrons. The van der Waals surface area contributed by atoms with Crippen molar-refractivity contribution in [1.29, 1.82) is 0 Å². The van der Waals surface area contributed by atoms with Gasteiger partial charge in [0, 0.05) is 12.3 Å². The topological polar surface area (TPSA) is 17.1 Å². The number of ketones is 1. The second-order valence-corrected chi connectivity index (χ2v) is 4.72. The van der Waals surface area contributed by atoms with Crippen molar-refractivity contribution in [1.82, 2.24) is 0 Å². The molecule has 1 nitrogen and oxygen atoms in total. The third-order valence-electron chi connectivity index (χ3n) is 2.03. The summed E-state index contributed by atoms with van der Waals surface area (Å²) in [5.74, 6) is 0.744. The molecule has 0 atom stereocenters. The first-order chi connectivity index (χ1) is 5.75. The number of Topliss-reactive ketones (excluding diaryl/α,β-unsaturated/α-hetero) is 1. The lowest BCUT2D eigenvalue weighted by Crippen LogP contribution is -2.03. The van der Waals surface area contributed by atoms with E-state index in [0.29, 0.717) is 18.1 Å². The van der Waals surface area contributed by atoms with E-state index in [1.807, 2.05) is 11.4 Å². The highest BCUT2D eigenvalue weighted by molar-refractivity contribution is 7.14. The molecule has 2 rings (SSSR count). The quantitative estimate of drug-likeness (QED) is 0.734. The van der Waals surface area contributed by atoms with Gasteiger partial charge in [-0.25, -0.2) is 0 Å². The van der Waals surface area contributed by atoms with Gasteiger partial charge < -0.3 is 0 Å². The third kappa shape index (κ3) is 1.87. The van der Waals surface area contributed by atoms with Gasteiger partial charge in [-0.1, -0.05) is 11.6 Å². The third-order valence-corrected chi connectivity index (χ3v) is 3.17. The maximum atomic E-state index is 11.3. The standard InChI is InChI=1S/C9H9ClOS/c10-9-4-6(5-12-9)3-8(11)7-1-2-7/h4-5,7H,1-3H2. The molecule has 0 aromatic carbocycles. The Morgan fingerprint density at radius 3 is 2.92 bits per heavy atom. The van der Waals surface area contributed by atoms with Gasteiger partial charge in [-0.2, -0.15) is 0 Å². The van der Waals surface area contributed by atoms with Crippen LogP contribution >= 0.6 is 22.9 Å². The summed E-state index contributed by atoms with van der Waals surface area (Å²) in [6.07, 6.45) is 2.77. The summed E-state index contributed by atoms with van der Waals surface area (Å²) in [6, 6.07) is 1.88. The van der Waals surface area contributed by atoms with E-state index in [9.17, 15) is 4.79 Å². The monoisotopic (exact) mass is 200 g/mol. The van der Waals surface area contributed by atoms with Crippen LogP contribution in [0.4, 0.5) is 0 Å². The van der Waals surface area contributed by atoms with Crippen LogP contribution in [0.2, 0.25) is 4.34 Å². The number of hydrogen-bond acceptors (Lipinski definition) is 2. The summed E-state index contributed by atoms with van der Waals surface area (Å²) in [5.41, 5.74) is 1.07. The number of thiophene rings is 1. The minimum atomic E-state index is 0.365. The second kappa shape index (κ2) is 3.19. The van der Waals surface area contributed by atoms with Gasteiger partial charge in [-0.05, 0) is 29.9 Å². The molecule has 0 saturated heterocycles. The number of rotatable bonds is 3. The summed E-state index contributed by atoms with van der Waals surface area (Å²) in [6.45, 7) is 0. The highest BCUT2D eigenvalue weighted by Gasteiger charge is 2.29. The molecule has 0 N–H and O–H groups in total. The smallest absolute Gasteiger partial charge is 0.140 e. The van der Waals surface area contributed by atoms with Crippen molar-refractivity contribution in [3.63, 3.8) is 0 Å². The molecule has 0 spiro atoms. The van der Waals surface area contributed by atoms with Crippen molar-refractivity contribution in [2.24, 2.45) is 5.92 Å². The van der Waals surface area contributed by atoms with E-state index < -0.39 is 0 Å². The zero-order valence-corrected chi connectivity index (χ0v) is 8.12.